The van der Waals surface area contributed by atoms with Gasteiger partial charge in [-0.25, -0.2) is 0 Å². The van der Waals surface area contributed by atoms with Gasteiger partial charge in [0.2, 0.25) is 0 Å². The smallest absolute Gasteiger partial charge is 0.0541 e. The van der Waals surface area contributed by atoms with Crippen molar-refractivity contribution in [2.24, 2.45) is 0 Å². The zero-order valence-electron chi connectivity index (χ0n) is 25.0. The number of halogens is 1. The van der Waals surface area contributed by atoms with Gasteiger partial charge in [-0.15, -0.1) is 0 Å². The molecule has 0 aliphatic carbocycles. The van der Waals surface area contributed by atoms with Gasteiger partial charge in [0.15, 0.2) is 0 Å². The van der Waals surface area contributed by atoms with Crippen molar-refractivity contribution in [3.63, 3.8) is 0 Å². The fraction of sp³-hybridized carbons (Fsp3) is 0. The van der Waals surface area contributed by atoms with Crippen molar-refractivity contribution in [1.82, 2.24) is 4.57 Å². The van der Waals surface area contributed by atoms with E-state index in [0.717, 1.165) is 55.3 Å². The third kappa shape index (κ3) is 5.13. The Hall–Kier alpha value is -5.58. The molecule has 46 heavy (non-hydrogen) atoms. The van der Waals surface area contributed by atoms with Gasteiger partial charge in [-0.3, -0.25) is 0 Å². The third-order valence-electron chi connectivity index (χ3n) is 8.35. The van der Waals surface area contributed by atoms with Crippen molar-refractivity contribution in [1.29, 1.82) is 0 Å². The summed E-state index contributed by atoms with van der Waals surface area (Å²) in [5, 5.41) is 2.43. The topological polar surface area (TPSA) is 11.4 Å². The molecule has 0 aliphatic heterocycles. The van der Waals surface area contributed by atoms with Gasteiger partial charge in [0, 0.05) is 38.0 Å². The largest absolute Gasteiger partial charge is 0.310 e. The lowest BCUT2D eigenvalue weighted by Crippen LogP contribution is -2.14. The summed E-state index contributed by atoms with van der Waals surface area (Å²) in [6.45, 7) is 0. The van der Waals surface area contributed by atoms with Crippen LogP contribution in [-0.4, -0.2) is 4.57 Å². The minimum Gasteiger partial charge on any atom is -0.310 e. The van der Waals surface area contributed by atoms with Crippen molar-refractivity contribution in [2.45, 2.75) is 0 Å². The van der Waals surface area contributed by atoms with Crippen molar-refractivity contribution < 1.29 is 0 Å². The molecule has 8 rings (SSSR count). The first kappa shape index (κ1) is 27.9. The summed E-state index contributed by atoms with van der Waals surface area (Å²) in [7, 11) is 0. The normalized spacial score (nSPS) is 11.2. The summed E-state index contributed by atoms with van der Waals surface area (Å²) in [5.41, 5.74) is 9.88. The lowest BCUT2D eigenvalue weighted by Gasteiger charge is -2.30. The molecule has 0 spiro atoms. The number of nitrogens with zero attached hydrogens (tertiary/aromatic N) is 3. The molecule has 1 heterocycles. The number of rotatable bonds is 7. The zero-order valence-corrected chi connectivity index (χ0v) is 26.6. The Morgan fingerprint density at radius 2 is 0.761 bits per heavy atom. The standard InChI is InChI=1S/C42H30BrN3/c43-31-25-26-42-40(27-31)39-23-13-14-24-41(39)46(42)38-29-36(44(32-15-5-1-6-16-32)33-17-7-2-8-18-33)28-37(30-38)45(34-19-9-3-10-20-34)35-21-11-4-12-22-35/h1-30H. The van der Waals surface area contributed by atoms with Crippen molar-refractivity contribution in [3.05, 3.63) is 186 Å². The quantitative estimate of drug-likeness (QED) is 0.169. The lowest BCUT2D eigenvalue weighted by atomic mass is 10.1. The van der Waals surface area contributed by atoms with E-state index in [2.05, 4.69) is 212 Å². The van der Waals surface area contributed by atoms with Crippen LogP contribution in [0.4, 0.5) is 34.1 Å². The summed E-state index contributed by atoms with van der Waals surface area (Å²) < 4.78 is 3.46. The number of fused-ring (bicyclic) bond motifs is 3. The fourth-order valence-corrected chi connectivity index (χ4v) is 6.75. The maximum absolute atomic E-state index is 3.73. The van der Waals surface area contributed by atoms with Crippen LogP contribution in [-0.2, 0) is 0 Å². The SMILES string of the molecule is Brc1ccc2c(c1)c1ccccc1n2-c1cc(N(c2ccccc2)c2ccccc2)cc(N(c2ccccc2)c2ccccc2)c1. The van der Waals surface area contributed by atoms with Gasteiger partial charge < -0.3 is 14.4 Å². The number of benzene rings is 7. The Balaban J connectivity index is 1.46. The predicted molar refractivity (Wildman–Crippen MR) is 198 cm³/mol. The third-order valence-corrected chi connectivity index (χ3v) is 8.85. The van der Waals surface area contributed by atoms with Crippen LogP contribution in [0, 0.1) is 0 Å². The van der Waals surface area contributed by atoms with Crippen LogP contribution in [0.3, 0.4) is 0 Å². The van der Waals surface area contributed by atoms with E-state index in [0.29, 0.717) is 0 Å². The summed E-state index contributed by atoms with van der Waals surface area (Å²) in [5.74, 6) is 0. The van der Waals surface area contributed by atoms with Crippen LogP contribution in [0.25, 0.3) is 27.5 Å². The first-order chi connectivity index (χ1) is 22.7. The summed E-state index contributed by atoms with van der Waals surface area (Å²) in [6, 6.07) is 64.6. The van der Waals surface area contributed by atoms with Crippen LogP contribution in [0.5, 0.6) is 0 Å². The monoisotopic (exact) mass is 655 g/mol. The van der Waals surface area contributed by atoms with Crippen LogP contribution in [0.1, 0.15) is 0 Å². The Morgan fingerprint density at radius 1 is 0.348 bits per heavy atom. The molecule has 0 bridgehead atoms. The van der Waals surface area contributed by atoms with Gasteiger partial charge in [-0.1, -0.05) is 107 Å². The second-order valence-electron chi connectivity index (χ2n) is 11.2. The molecule has 0 amide bonds. The Bertz CT molecular complexity index is 2080. The molecule has 1 aromatic heterocycles. The molecule has 0 radical (unpaired) electrons. The number of anilines is 6. The van der Waals surface area contributed by atoms with Gasteiger partial charge in [0.1, 0.15) is 0 Å². The van der Waals surface area contributed by atoms with E-state index in [9.17, 15) is 0 Å². The number of hydrogen-bond donors (Lipinski definition) is 0. The van der Waals surface area contributed by atoms with Gasteiger partial charge in [-0.05, 0) is 91.0 Å². The Labute approximate surface area is 277 Å². The van der Waals surface area contributed by atoms with E-state index < -0.39 is 0 Å². The first-order valence-electron chi connectivity index (χ1n) is 15.4. The van der Waals surface area contributed by atoms with Crippen LogP contribution in [0.15, 0.2) is 186 Å². The molecule has 0 saturated carbocycles. The molecule has 3 nitrogen and oxygen atoms in total. The van der Waals surface area contributed by atoms with Crippen molar-refractivity contribution >= 4 is 71.9 Å². The van der Waals surface area contributed by atoms with Crippen molar-refractivity contribution in [2.75, 3.05) is 9.80 Å². The highest BCUT2D eigenvalue weighted by molar-refractivity contribution is 9.10. The molecular weight excluding hydrogens is 626 g/mol. The summed E-state index contributed by atoms with van der Waals surface area (Å²) >= 11 is 3.73. The maximum atomic E-state index is 3.73. The Morgan fingerprint density at radius 3 is 1.24 bits per heavy atom. The maximum Gasteiger partial charge on any atom is 0.0541 e. The Kier molecular flexibility index (Phi) is 7.33. The minimum atomic E-state index is 1.06. The van der Waals surface area contributed by atoms with E-state index in [-0.39, 0.29) is 0 Å². The highest BCUT2D eigenvalue weighted by Gasteiger charge is 2.21. The highest BCUT2D eigenvalue weighted by atomic mass is 79.9. The summed E-state index contributed by atoms with van der Waals surface area (Å²) in [4.78, 5) is 4.68. The highest BCUT2D eigenvalue weighted by Crippen LogP contribution is 2.43. The van der Waals surface area contributed by atoms with E-state index in [1.165, 1.54) is 10.8 Å². The molecule has 0 N–H and O–H groups in total. The van der Waals surface area contributed by atoms with E-state index in [1.807, 2.05) is 0 Å². The van der Waals surface area contributed by atoms with Gasteiger partial charge >= 0.3 is 0 Å². The number of hydrogen-bond acceptors (Lipinski definition) is 2. The number of aromatic nitrogens is 1. The van der Waals surface area contributed by atoms with E-state index >= 15 is 0 Å². The average Bonchev–Trinajstić information content (AvgIpc) is 3.44. The van der Waals surface area contributed by atoms with E-state index in [4.69, 9.17) is 0 Å². The minimum absolute atomic E-state index is 1.06. The van der Waals surface area contributed by atoms with Crippen LogP contribution < -0.4 is 9.80 Å². The molecule has 7 aromatic carbocycles. The van der Waals surface area contributed by atoms with E-state index in [1.54, 1.807) is 0 Å². The molecule has 0 saturated heterocycles. The second kappa shape index (κ2) is 12.1. The lowest BCUT2D eigenvalue weighted by molar-refractivity contribution is 1.16. The zero-order chi connectivity index (χ0) is 30.9. The average molecular weight is 657 g/mol. The molecule has 0 atom stereocenters. The molecule has 8 aromatic rings. The molecule has 220 valence electrons. The van der Waals surface area contributed by atoms with Crippen molar-refractivity contribution in [3.8, 4) is 5.69 Å². The van der Waals surface area contributed by atoms with Gasteiger partial charge in [0.05, 0.1) is 28.1 Å². The molecular formula is C42H30BrN3. The fourth-order valence-electron chi connectivity index (χ4n) is 6.39. The van der Waals surface area contributed by atoms with Gasteiger partial charge in [-0.2, -0.15) is 0 Å². The van der Waals surface area contributed by atoms with Crippen LogP contribution in [0.2, 0.25) is 0 Å². The molecule has 0 aliphatic rings. The molecule has 0 unspecified atom stereocenters. The van der Waals surface area contributed by atoms with Crippen LogP contribution >= 0.6 is 15.9 Å². The number of para-hydroxylation sites is 5. The van der Waals surface area contributed by atoms with Gasteiger partial charge in [0.25, 0.3) is 0 Å². The first-order valence-corrected chi connectivity index (χ1v) is 16.2. The molecule has 4 heteroatoms. The predicted octanol–water partition coefficient (Wildman–Crippen LogP) is 12.5. The molecule has 0 fully saturated rings. The summed E-state index contributed by atoms with van der Waals surface area (Å²) in [6.07, 6.45) is 0. The second-order valence-corrected chi connectivity index (χ2v) is 12.2.